The topological polar surface area (TPSA) is 95.9 Å². The number of hydrogen-bond acceptors (Lipinski definition) is 4. The van der Waals surface area contributed by atoms with Gasteiger partial charge in [0.05, 0.1) is 5.92 Å². The lowest BCUT2D eigenvalue weighted by atomic mass is 9.95. The second kappa shape index (κ2) is 10.5. The highest BCUT2D eigenvalue weighted by Gasteiger charge is 2.31. The fourth-order valence-corrected chi connectivity index (χ4v) is 4.34. The van der Waals surface area contributed by atoms with E-state index in [-0.39, 0.29) is 30.9 Å². The number of likely N-dealkylation sites (N-methyl/N-ethyl adjacent to an activating group) is 1. The van der Waals surface area contributed by atoms with Crippen molar-refractivity contribution in [3.8, 4) is 11.1 Å². The maximum atomic E-state index is 12.8. The molecule has 3 rings (SSSR count). The van der Waals surface area contributed by atoms with Gasteiger partial charge in [-0.1, -0.05) is 62.4 Å². The molecular formula is C26H32N2O5. The number of alkyl carbamates (subject to hydrolysis) is 1. The number of carboxylic acid groups (broad SMARTS) is 1. The van der Waals surface area contributed by atoms with E-state index in [4.69, 9.17) is 4.74 Å². The zero-order valence-corrected chi connectivity index (χ0v) is 19.6. The molecule has 2 N–H and O–H groups in total. The van der Waals surface area contributed by atoms with Gasteiger partial charge >= 0.3 is 12.1 Å². The van der Waals surface area contributed by atoms with Crippen molar-refractivity contribution in [3.63, 3.8) is 0 Å². The van der Waals surface area contributed by atoms with Crippen LogP contribution in [0.4, 0.5) is 4.79 Å². The van der Waals surface area contributed by atoms with E-state index < -0.39 is 24.0 Å². The molecule has 0 saturated heterocycles. The number of aliphatic carboxylic acids is 1. The van der Waals surface area contributed by atoms with E-state index in [1.54, 1.807) is 0 Å². The summed E-state index contributed by atoms with van der Waals surface area (Å²) in [7, 11) is 1.47. The summed E-state index contributed by atoms with van der Waals surface area (Å²) in [6, 6.07) is 15.3. The number of carbonyl (C=O) groups excluding carboxylic acids is 2. The normalized spacial score (nSPS) is 14.2. The summed E-state index contributed by atoms with van der Waals surface area (Å²) in [6.07, 6.45) is -0.0635. The summed E-state index contributed by atoms with van der Waals surface area (Å²) in [4.78, 5) is 37.8. The molecule has 2 aromatic rings. The van der Waals surface area contributed by atoms with E-state index in [0.29, 0.717) is 6.42 Å². The minimum absolute atomic E-state index is 0.0428. The van der Waals surface area contributed by atoms with E-state index >= 15 is 0 Å². The first-order valence-corrected chi connectivity index (χ1v) is 11.3. The predicted octanol–water partition coefficient (Wildman–Crippen LogP) is 4.12. The summed E-state index contributed by atoms with van der Waals surface area (Å²) in [5, 5.41) is 11.9. The predicted molar refractivity (Wildman–Crippen MR) is 126 cm³/mol. The van der Waals surface area contributed by atoms with Gasteiger partial charge in [-0.15, -0.1) is 0 Å². The van der Waals surface area contributed by atoms with Gasteiger partial charge in [-0.05, 0) is 41.5 Å². The fraction of sp³-hybridized carbons (Fsp3) is 0.423. The molecule has 176 valence electrons. The molecule has 0 aromatic heterocycles. The molecule has 7 heteroatoms. The van der Waals surface area contributed by atoms with Crippen LogP contribution in [-0.2, 0) is 14.3 Å². The van der Waals surface area contributed by atoms with Gasteiger partial charge in [0.1, 0.15) is 12.6 Å². The summed E-state index contributed by atoms with van der Waals surface area (Å²) in [5.41, 5.74) is 4.56. The van der Waals surface area contributed by atoms with Gasteiger partial charge in [-0.2, -0.15) is 0 Å². The van der Waals surface area contributed by atoms with E-state index in [2.05, 4.69) is 29.6 Å². The Hall–Kier alpha value is -3.35. The maximum Gasteiger partial charge on any atom is 0.407 e. The van der Waals surface area contributed by atoms with Gasteiger partial charge in [0.15, 0.2) is 0 Å². The third-order valence-electron chi connectivity index (χ3n) is 6.23. The molecule has 0 saturated carbocycles. The molecule has 1 aliphatic carbocycles. The third kappa shape index (κ3) is 5.53. The van der Waals surface area contributed by atoms with Crippen molar-refractivity contribution < 1.29 is 24.2 Å². The Kier molecular flexibility index (Phi) is 7.74. The van der Waals surface area contributed by atoms with E-state index in [9.17, 15) is 19.5 Å². The third-order valence-corrected chi connectivity index (χ3v) is 6.23. The van der Waals surface area contributed by atoms with Crippen LogP contribution in [0.1, 0.15) is 44.2 Å². The number of amides is 2. The molecule has 1 unspecified atom stereocenters. The number of fused-ring (bicyclic) bond motifs is 3. The summed E-state index contributed by atoms with van der Waals surface area (Å²) in [6.45, 7) is 5.71. The SMILES string of the molecule is CC(C)CC(CNC(=O)OCC1c2ccccc2-c2ccccc21)C(=O)N(C)[C@@H](C)C(=O)O. The molecule has 33 heavy (non-hydrogen) atoms. The molecule has 2 aromatic carbocycles. The second-order valence-electron chi connectivity index (χ2n) is 9.00. The highest BCUT2D eigenvalue weighted by Crippen LogP contribution is 2.44. The van der Waals surface area contributed by atoms with Crippen LogP contribution < -0.4 is 5.32 Å². The standard InChI is InChI=1S/C26H32N2O5/c1-16(2)13-18(24(29)28(4)17(3)25(30)31)14-27-26(32)33-15-23-21-11-7-5-9-19(21)20-10-6-8-12-22(20)23/h5-12,16-18,23H,13-15H2,1-4H3,(H,27,32)(H,30,31)/t17-,18?/m0/s1. The van der Waals surface area contributed by atoms with Gasteiger partial charge in [-0.3, -0.25) is 4.79 Å². The Labute approximate surface area is 194 Å². The molecule has 0 spiro atoms. The second-order valence-corrected chi connectivity index (χ2v) is 9.00. The quantitative estimate of drug-likeness (QED) is 0.597. The van der Waals surface area contributed by atoms with Crippen LogP contribution >= 0.6 is 0 Å². The molecule has 2 atom stereocenters. The lowest BCUT2D eigenvalue weighted by molar-refractivity contribution is -0.150. The summed E-state index contributed by atoms with van der Waals surface area (Å²) >= 11 is 0. The highest BCUT2D eigenvalue weighted by atomic mass is 16.5. The van der Waals surface area contributed by atoms with Gasteiger partial charge < -0.3 is 20.1 Å². The number of ether oxygens (including phenoxy) is 1. The minimum Gasteiger partial charge on any atom is -0.480 e. The van der Waals surface area contributed by atoms with E-state index in [0.717, 1.165) is 22.3 Å². The van der Waals surface area contributed by atoms with Crippen LogP contribution in [0.2, 0.25) is 0 Å². The van der Waals surface area contributed by atoms with Gasteiger partial charge in [0, 0.05) is 19.5 Å². The zero-order valence-electron chi connectivity index (χ0n) is 19.6. The molecule has 2 amide bonds. The number of nitrogens with zero attached hydrogens (tertiary/aromatic N) is 1. The van der Waals surface area contributed by atoms with Crippen LogP contribution in [0.15, 0.2) is 48.5 Å². The van der Waals surface area contributed by atoms with Crippen molar-refractivity contribution in [2.24, 2.45) is 11.8 Å². The number of hydrogen-bond donors (Lipinski definition) is 2. The Balaban J connectivity index is 1.62. The van der Waals surface area contributed by atoms with Crippen LogP contribution in [0.25, 0.3) is 11.1 Å². The number of carboxylic acids is 1. The van der Waals surface area contributed by atoms with Gasteiger partial charge in [0.2, 0.25) is 5.91 Å². The van der Waals surface area contributed by atoms with Crippen molar-refractivity contribution in [1.82, 2.24) is 10.2 Å². The molecule has 0 bridgehead atoms. The summed E-state index contributed by atoms with van der Waals surface area (Å²) in [5.74, 6) is -1.75. The summed E-state index contributed by atoms with van der Waals surface area (Å²) < 4.78 is 5.55. The Morgan fingerprint density at radius 2 is 1.55 bits per heavy atom. The molecule has 0 radical (unpaired) electrons. The smallest absolute Gasteiger partial charge is 0.407 e. The van der Waals surface area contributed by atoms with Gasteiger partial charge in [-0.25, -0.2) is 9.59 Å². The fourth-order valence-electron chi connectivity index (χ4n) is 4.34. The van der Waals surface area contributed by atoms with Crippen molar-refractivity contribution in [2.75, 3.05) is 20.2 Å². The number of carbonyl (C=O) groups is 3. The molecule has 0 fully saturated rings. The zero-order chi connectivity index (χ0) is 24.1. The van der Waals surface area contributed by atoms with Gasteiger partial charge in [0.25, 0.3) is 0 Å². The first kappa shape index (κ1) is 24.3. The molecule has 0 aliphatic heterocycles. The number of nitrogens with one attached hydrogen (secondary N) is 1. The molecular weight excluding hydrogens is 420 g/mol. The Morgan fingerprint density at radius 3 is 2.06 bits per heavy atom. The average Bonchev–Trinajstić information content (AvgIpc) is 3.12. The lowest BCUT2D eigenvalue weighted by Crippen LogP contribution is -2.46. The largest absolute Gasteiger partial charge is 0.480 e. The Morgan fingerprint density at radius 1 is 1.00 bits per heavy atom. The van der Waals surface area contributed by atoms with E-state index in [1.165, 1.54) is 18.9 Å². The minimum atomic E-state index is -1.07. The van der Waals surface area contributed by atoms with Crippen molar-refractivity contribution in [3.05, 3.63) is 59.7 Å². The van der Waals surface area contributed by atoms with E-state index in [1.807, 2.05) is 38.1 Å². The van der Waals surface area contributed by atoms with Crippen LogP contribution in [0.5, 0.6) is 0 Å². The first-order valence-electron chi connectivity index (χ1n) is 11.3. The maximum absolute atomic E-state index is 12.8. The van der Waals surface area contributed by atoms with Crippen molar-refractivity contribution in [1.29, 1.82) is 0 Å². The van der Waals surface area contributed by atoms with Crippen molar-refractivity contribution in [2.45, 2.75) is 39.2 Å². The van der Waals surface area contributed by atoms with Crippen LogP contribution in [0.3, 0.4) is 0 Å². The average molecular weight is 453 g/mol. The van der Waals surface area contributed by atoms with Crippen molar-refractivity contribution >= 4 is 18.0 Å². The van der Waals surface area contributed by atoms with Crippen LogP contribution in [-0.4, -0.2) is 54.2 Å². The number of rotatable bonds is 9. The Bertz CT molecular complexity index is 974. The molecule has 0 heterocycles. The monoisotopic (exact) mass is 452 g/mol. The molecule has 1 aliphatic rings. The number of benzene rings is 2. The highest BCUT2D eigenvalue weighted by molar-refractivity contribution is 5.85. The molecule has 7 nitrogen and oxygen atoms in total. The van der Waals surface area contributed by atoms with Crippen LogP contribution in [0, 0.1) is 11.8 Å². The lowest BCUT2D eigenvalue weighted by Gasteiger charge is -2.27. The first-order chi connectivity index (χ1) is 15.7.